The number of benzene rings is 2. The van der Waals surface area contributed by atoms with Gasteiger partial charge in [-0.1, -0.05) is 31.5 Å². The van der Waals surface area contributed by atoms with E-state index < -0.39 is 11.9 Å². The highest BCUT2D eigenvalue weighted by Gasteiger charge is 2.25. The van der Waals surface area contributed by atoms with Gasteiger partial charge in [-0.15, -0.1) is 11.3 Å². The van der Waals surface area contributed by atoms with Crippen molar-refractivity contribution < 1.29 is 23.5 Å². The quantitative estimate of drug-likeness (QED) is 0.350. The Morgan fingerprint density at radius 1 is 1.16 bits per heavy atom. The fourth-order valence-electron chi connectivity index (χ4n) is 3.31. The van der Waals surface area contributed by atoms with Crippen LogP contribution in [-0.2, 0) is 16.0 Å². The molecule has 0 fully saturated rings. The van der Waals surface area contributed by atoms with Crippen LogP contribution in [0.3, 0.4) is 0 Å². The lowest BCUT2D eigenvalue weighted by molar-refractivity contribution is -0.118. The Morgan fingerprint density at radius 2 is 1.88 bits per heavy atom. The minimum atomic E-state index is -0.584. The number of halogens is 2. The zero-order chi connectivity index (χ0) is 23.3. The van der Waals surface area contributed by atoms with Gasteiger partial charge in [0.05, 0.1) is 11.6 Å². The Kier molecular flexibility index (Phi) is 8.04. The Morgan fingerprint density at radius 3 is 2.50 bits per heavy atom. The molecule has 1 amide bonds. The minimum Gasteiger partial charge on any atom is -0.483 e. The van der Waals surface area contributed by atoms with E-state index in [9.17, 15) is 14.0 Å². The summed E-state index contributed by atoms with van der Waals surface area (Å²) in [5.41, 5.74) is 2.68. The van der Waals surface area contributed by atoms with Crippen LogP contribution in [0.15, 0.2) is 46.9 Å². The van der Waals surface area contributed by atoms with Crippen LogP contribution in [0.25, 0.3) is 11.1 Å². The molecule has 3 aromatic rings. The molecule has 5 nitrogen and oxygen atoms in total. The van der Waals surface area contributed by atoms with Gasteiger partial charge in [0.1, 0.15) is 22.1 Å². The molecular formula is C24H23BrFNO4S. The summed E-state index contributed by atoms with van der Waals surface area (Å²) in [6.07, 6.45) is 2.00. The van der Waals surface area contributed by atoms with E-state index in [-0.39, 0.29) is 18.0 Å². The Balaban J connectivity index is 1.79. The molecule has 0 aliphatic rings. The zero-order valence-electron chi connectivity index (χ0n) is 18.0. The summed E-state index contributed by atoms with van der Waals surface area (Å²) in [7, 11) is 1.28. The molecule has 0 bridgehead atoms. The van der Waals surface area contributed by atoms with E-state index in [0.717, 1.165) is 22.2 Å². The first-order valence-corrected chi connectivity index (χ1v) is 11.6. The molecule has 2 aromatic carbocycles. The minimum absolute atomic E-state index is 0.227. The summed E-state index contributed by atoms with van der Waals surface area (Å²) < 4.78 is 24.7. The summed E-state index contributed by atoms with van der Waals surface area (Å²) in [6.45, 7) is 3.71. The number of amides is 1. The molecule has 0 saturated carbocycles. The van der Waals surface area contributed by atoms with Crippen LogP contribution in [-0.4, -0.2) is 25.6 Å². The molecule has 3 rings (SSSR count). The third-order valence-electron chi connectivity index (χ3n) is 4.75. The smallest absolute Gasteiger partial charge is 0.341 e. The highest BCUT2D eigenvalue weighted by Crippen LogP contribution is 2.40. The Hall–Kier alpha value is -2.71. The third kappa shape index (κ3) is 5.55. The molecule has 0 saturated heterocycles. The molecule has 0 unspecified atom stereocenters. The Labute approximate surface area is 198 Å². The van der Waals surface area contributed by atoms with E-state index in [1.54, 1.807) is 12.1 Å². The van der Waals surface area contributed by atoms with Gasteiger partial charge < -0.3 is 14.8 Å². The van der Waals surface area contributed by atoms with E-state index in [2.05, 4.69) is 28.2 Å². The van der Waals surface area contributed by atoms with Crippen molar-refractivity contribution in [1.29, 1.82) is 0 Å². The molecule has 1 N–H and O–H groups in total. The molecule has 0 radical (unpaired) electrons. The van der Waals surface area contributed by atoms with Gasteiger partial charge in [-0.3, -0.25) is 4.79 Å². The lowest BCUT2D eigenvalue weighted by Gasteiger charge is -2.11. The topological polar surface area (TPSA) is 64.6 Å². The monoisotopic (exact) mass is 519 g/mol. The van der Waals surface area contributed by atoms with Crippen LogP contribution in [0.2, 0.25) is 0 Å². The molecule has 0 atom stereocenters. The van der Waals surface area contributed by atoms with E-state index in [4.69, 9.17) is 9.47 Å². The van der Waals surface area contributed by atoms with E-state index in [1.807, 2.05) is 25.1 Å². The highest BCUT2D eigenvalue weighted by atomic mass is 79.9. The number of aryl methyl sites for hydroxylation is 2. The van der Waals surface area contributed by atoms with Gasteiger partial charge in [-0.25, -0.2) is 9.18 Å². The Bertz CT molecular complexity index is 1130. The number of methoxy groups -OCH3 is 1. The normalized spacial score (nSPS) is 10.7. The molecular weight excluding hydrogens is 497 g/mol. The fourth-order valence-corrected chi connectivity index (χ4v) is 4.93. The van der Waals surface area contributed by atoms with Crippen LogP contribution in [0.1, 0.15) is 34.1 Å². The van der Waals surface area contributed by atoms with Crippen molar-refractivity contribution in [2.24, 2.45) is 0 Å². The van der Waals surface area contributed by atoms with Crippen molar-refractivity contribution in [1.82, 2.24) is 0 Å². The number of anilines is 1. The van der Waals surface area contributed by atoms with Crippen molar-refractivity contribution in [3.63, 3.8) is 0 Å². The van der Waals surface area contributed by atoms with E-state index >= 15 is 0 Å². The first-order chi connectivity index (χ1) is 15.3. The van der Waals surface area contributed by atoms with Gasteiger partial charge in [0.2, 0.25) is 0 Å². The molecule has 0 aliphatic heterocycles. The predicted molar refractivity (Wildman–Crippen MR) is 128 cm³/mol. The lowest BCUT2D eigenvalue weighted by atomic mass is 10.0. The number of hydrogen-bond donors (Lipinski definition) is 1. The van der Waals surface area contributed by atoms with Gasteiger partial charge in [0, 0.05) is 10.4 Å². The lowest BCUT2D eigenvalue weighted by Crippen LogP contribution is -2.21. The second kappa shape index (κ2) is 10.7. The summed E-state index contributed by atoms with van der Waals surface area (Å²) >= 11 is 4.73. The summed E-state index contributed by atoms with van der Waals surface area (Å²) in [5.74, 6) is -0.811. The average Bonchev–Trinajstić information content (AvgIpc) is 3.08. The van der Waals surface area contributed by atoms with Crippen molar-refractivity contribution >= 4 is 44.1 Å². The van der Waals surface area contributed by atoms with Gasteiger partial charge in [0.25, 0.3) is 5.91 Å². The van der Waals surface area contributed by atoms with Crippen molar-refractivity contribution in [2.75, 3.05) is 19.0 Å². The maximum Gasteiger partial charge on any atom is 0.341 e. The third-order valence-corrected chi connectivity index (χ3v) is 6.39. The number of carbonyl (C=O) groups excluding carboxylic acids is 2. The summed E-state index contributed by atoms with van der Waals surface area (Å²) in [6, 6.07) is 11.6. The van der Waals surface area contributed by atoms with Crippen LogP contribution in [0, 0.1) is 12.7 Å². The molecule has 32 heavy (non-hydrogen) atoms. The van der Waals surface area contributed by atoms with Crippen molar-refractivity contribution in [2.45, 2.75) is 26.7 Å². The zero-order valence-corrected chi connectivity index (χ0v) is 20.4. The van der Waals surface area contributed by atoms with Crippen LogP contribution >= 0.6 is 27.3 Å². The van der Waals surface area contributed by atoms with Crippen molar-refractivity contribution in [3.05, 3.63) is 68.8 Å². The second-order valence-corrected chi connectivity index (χ2v) is 9.17. The standard InChI is InChI=1S/C24H23BrFNO4S/c1-4-5-15-6-11-19(18(25)12-15)31-13-20(28)27-23-22(24(29)30-3)21(14(2)32-23)16-7-9-17(26)10-8-16/h6-12H,4-5,13H2,1-3H3,(H,27,28). The van der Waals surface area contributed by atoms with Crippen LogP contribution < -0.4 is 10.1 Å². The fraction of sp³-hybridized carbons (Fsp3) is 0.250. The molecule has 1 aromatic heterocycles. The highest BCUT2D eigenvalue weighted by molar-refractivity contribution is 9.10. The van der Waals surface area contributed by atoms with Gasteiger partial charge in [-0.2, -0.15) is 0 Å². The molecule has 8 heteroatoms. The number of carbonyl (C=O) groups is 2. The molecule has 0 spiro atoms. The SMILES string of the molecule is CCCc1ccc(OCC(=O)Nc2sc(C)c(-c3ccc(F)cc3)c2C(=O)OC)c(Br)c1. The number of hydrogen-bond acceptors (Lipinski definition) is 5. The van der Waals surface area contributed by atoms with Crippen LogP contribution in [0.4, 0.5) is 9.39 Å². The number of rotatable bonds is 8. The number of esters is 1. The molecule has 168 valence electrons. The predicted octanol–water partition coefficient (Wildman–Crippen LogP) is 6.38. The van der Waals surface area contributed by atoms with Crippen LogP contribution in [0.5, 0.6) is 5.75 Å². The average molecular weight is 520 g/mol. The summed E-state index contributed by atoms with van der Waals surface area (Å²) in [4.78, 5) is 25.9. The first-order valence-electron chi connectivity index (χ1n) is 10.0. The number of ether oxygens (including phenoxy) is 2. The molecule has 0 aliphatic carbocycles. The summed E-state index contributed by atoms with van der Waals surface area (Å²) in [5, 5.41) is 3.11. The van der Waals surface area contributed by atoms with Gasteiger partial charge >= 0.3 is 5.97 Å². The van der Waals surface area contributed by atoms with Gasteiger partial charge in [0.15, 0.2) is 6.61 Å². The largest absolute Gasteiger partial charge is 0.483 e. The van der Waals surface area contributed by atoms with Gasteiger partial charge in [-0.05, 0) is 64.7 Å². The number of thiophene rings is 1. The number of nitrogens with one attached hydrogen (secondary N) is 1. The van der Waals surface area contributed by atoms with Crippen molar-refractivity contribution in [3.8, 4) is 16.9 Å². The molecule has 1 heterocycles. The van der Waals surface area contributed by atoms with E-state index in [0.29, 0.717) is 21.9 Å². The first kappa shape index (κ1) is 23.9. The van der Waals surface area contributed by atoms with E-state index in [1.165, 1.54) is 36.1 Å². The second-order valence-electron chi connectivity index (χ2n) is 7.09. The maximum atomic E-state index is 13.4. The maximum absolute atomic E-state index is 13.4.